The van der Waals surface area contributed by atoms with Crippen molar-refractivity contribution in [1.82, 2.24) is 4.90 Å². The van der Waals surface area contributed by atoms with E-state index in [0.717, 1.165) is 17.7 Å². The fourth-order valence-corrected chi connectivity index (χ4v) is 3.45. The number of hydrogen-bond acceptors (Lipinski definition) is 3. The highest BCUT2D eigenvalue weighted by Crippen LogP contribution is 2.29. The lowest BCUT2D eigenvalue weighted by atomic mass is 9.80. The fourth-order valence-electron chi connectivity index (χ4n) is 2.37. The normalized spacial score (nSPS) is 32.6. The number of nitrogens with zero attached hydrogens (tertiary/aromatic N) is 1. The zero-order chi connectivity index (χ0) is 9.97. The van der Waals surface area contributed by atoms with Crippen LogP contribution in [0.15, 0.2) is 0 Å². The molecule has 0 radical (unpaired) electrons. The summed E-state index contributed by atoms with van der Waals surface area (Å²) in [6.45, 7) is 5.95. The van der Waals surface area contributed by atoms with Crippen LogP contribution < -0.4 is 5.73 Å². The number of hydrogen-bond donors (Lipinski definition) is 1. The van der Waals surface area contributed by atoms with Gasteiger partial charge in [-0.05, 0) is 18.8 Å². The van der Waals surface area contributed by atoms with Gasteiger partial charge in [-0.2, -0.15) is 11.8 Å². The lowest BCUT2D eigenvalue weighted by Crippen LogP contribution is -2.48. The molecule has 0 amide bonds. The van der Waals surface area contributed by atoms with Gasteiger partial charge in [-0.3, -0.25) is 4.90 Å². The first-order chi connectivity index (χ1) is 6.75. The van der Waals surface area contributed by atoms with Gasteiger partial charge in [0.1, 0.15) is 0 Å². The molecule has 1 aliphatic carbocycles. The first kappa shape index (κ1) is 10.8. The van der Waals surface area contributed by atoms with Gasteiger partial charge in [0.15, 0.2) is 0 Å². The van der Waals surface area contributed by atoms with Crippen LogP contribution in [0.5, 0.6) is 0 Å². The Bertz CT molecular complexity index is 182. The van der Waals surface area contributed by atoms with E-state index in [1.165, 1.54) is 38.1 Å². The summed E-state index contributed by atoms with van der Waals surface area (Å²) in [5.74, 6) is 2.12. The number of nitrogens with two attached hydrogens (primary N) is 1. The zero-order valence-corrected chi connectivity index (χ0v) is 9.93. The summed E-state index contributed by atoms with van der Waals surface area (Å²) in [7, 11) is 0. The highest BCUT2D eigenvalue weighted by molar-refractivity contribution is 7.99. The highest BCUT2D eigenvalue weighted by atomic mass is 32.2. The van der Waals surface area contributed by atoms with Gasteiger partial charge in [-0.1, -0.05) is 13.3 Å². The summed E-state index contributed by atoms with van der Waals surface area (Å²) >= 11 is 2.09. The maximum atomic E-state index is 6.21. The average molecular weight is 214 g/mol. The minimum Gasteiger partial charge on any atom is -0.326 e. The van der Waals surface area contributed by atoms with Gasteiger partial charge < -0.3 is 5.73 Å². The van der Waals surface area contributed by atoms with E-state index < -0.39 is 0 Å². The van der Waals surface area contributed by atoms with Crippen LogP contribution in [-0.2, 0) is 0 Å². The van der Waals surface area contributed by atoms with Crippen LogP contribution in [0.1, 0.15) is 26.2 Å². The van der Waals surface area contributed by atoms with Crippen LogP contribution >= 0.6 is 11.8 Å². The maximum Gasteiger partial charge on any atom is 0.0196 e. The van der Waals surface area contributed by atoms with E-state index in [-0.39, 0.29) is 0 Å². The second-order valence-electron chi connectivity index (χ2n) is 4.80. The van der Waals surface area contributed by atoms with Crippen LogP contribution in [0.25, 0.3) is 0 Å². The molecule has 0 aromatic heterocycles. The third-order valence-corrected chi connectivity index (χ3v) is 4.69. The van der Waals surface area contributed by atoms with Gasteiger partial charge in [0, 0.05) is 36.7 Å². The topological polar surface area (TPSA) is 29.3 Å². The van der Waals surface area contributed by atoms with Gasteiger partial charge in [0.2, 0.25) is 0 Å². The second kappa shape index (κ2) is 4.86. The van der Waals surface area contributed by atoms with Crippen LogP contribution in [-0.4, -0.2) is 41.6 Å². The largest absolute Gasteiger partial charge is 0.326 e. The van der Waals surface area contributed by atoms with E-state index in [1.807, 2.05) is 0 Å². The molecule has 2 N–H and O–H groups in total. The first-order valence-corrected chi connectivity index (χ1v) is 6.90. The predicted molar refractivity (Wildman–Crippen MR) is 63.7 cm³/mol. The molecular weight excluding hydrogens is 192 g/mol. The lowest BCUT2D eigenvalue weighted by Gasteiger charge is -2.37. The van der Waals surface area contributed by atoms with Crippen LogP contribution in [0.3, 0.4) is 0 Å². The van der Waals surface area contributed by atoms with Crippen molar-refractivity contribution < 1.29 is 0 Å². The Morgan fingerprint density at radius 2 is 2.29 bits per heavy atom. The predicted octanol–water partition coefficient (Wildman–Crippen LogP) is 1.55. The quantitative estimate of drug-likeness (QED) is 0.773. The van der Waals surface area contributed by atoms with Crippen LogP contribution in [0, 0.1) is 5.92 Å². The van der Waals surface area contributed by atoms with E-state index >= 15 is 0 Å². The minimum absolute atomic E-state index is 0.444. The third kappa shape index (κ3) is 2.65. The Kier molecular flexibility index (Phi) is 3.74. The Morgan fingerprint density at radius 1 is 1.50 bits per heavy atom. The molecule has 2 aliphatic rings. The van der Waals surface area contributed by atoms with Gasteiger partial charge in [-0.25, -0.2) is 0 Å². The second-order valence-corrected chi connectivity index (χ2v) is 6.34. The van der Waals surface area contributed by atoms with Crippen LogP contribution in [0.4, 0.5) is 0 Å². The number of thioether (sulfide) groups is 1. The summed E-state index contributed by atoms with van der Waals surface area (Å²) in [6.07, 6.45) is 4.16. The van der Waals surface area contributed by atoms with Crippen molar-refractivity contribution in [1.29, 1.82) is 0 Å². The van der Waals surface area contributed by atoms with Crippen molar-refractivity contribution in [2.24, 2.45) is 11.7 Å². The molecule has 2 unspecified atom stereocenters. The molecule has 1 saturated heterocycles. The van der Waals surface area contributed by atoms with Crippen molar-refractivity contribution in [3.63, 3.8) is 0 Å². The smallest absolute Gasteiger partial charge is 0.0196 e. The Labute approximate surface area is 91.6 Å². The van der Waals surface area contributed by atoms with Crippen molar-refractivity contribution in [2.75, 3.05) is 25.4 Å². The monoisotopic (exact) mass is 214 g/mol. The first-order valence-electron chi connectivity index (χ1n) is 5.85. The molecule has 14 heavy (non-hydrogen) atoms. The summed E-state index contributed by atoms with van der Waals surface area (Å²) in [4.78, 5) is 2.56. The van der Waals surface area contributed by atoms with Crippen molar-refractivity contribution in [3.8, 4) is 0 Å². The molecule has 2 atom stereocenters. The van der Waals surface area contributed by atoms with E-state index in [1.54, 1.807) is 0 Å². The van der Waals surface area contributed by atoms with Crippen molar-refractivity contribution >= 4 is 11.8 Å². The van der Waals surface area contributed by atoms with Crippen molar-refractivity contribution in [2.45, 2.75) is 37.5 Å². The molecule has 1 heterocycles. The van der Waals surface area contributed by atoms with E-state index in [2.05, 4.69) is 23.6 Å². The fraction of sp³-hybridized carbons (Fsp3) is 1.00. The lowest BCUT2D eigenvalue weighted by molar-refractivity contribution is 0.190. The van der Waals surface area contributed by atoms with Gasteiger partial charge in [0.05, 0.1) is 0 Å². The molecule has 3 heteroatoms. The molecule has 0 aromatic rings. The Hall–Kier alpha value is 0.270. The molecule has 1 aliphatic heterocycles. The zero-order valence-electron chi connectivity index (χ0n) is 9.11. The third-order valence-electron chi connectivity index (χ3n) is 3.55. The average Bonchev–Trinajstić information content (AvgIpc) is 1.99. The maximum absolute atomic E-state index is 6.21. The van der Waals surface area contributed by atoms with Crippen LogP contribution in [0.2, 0.25) is 0 Å². The van der Waals surface area contributed by atoms with Gasteiger partial charge in [0.25, 0.3) is 0 Å². The van der Waals surface area contributed by atoms with Gasteiger partial charge in [-0.15, -0.1) is 0 Å². The summed E-state index contributed by atoms with van der Waals surface area (Å²) in [5, 5.41) is 0.803. The summed E-state index contributed by atoms with van der Waals surface area (Å²) < 4.78 is 0. The standard InChI is InChI=1S/C11H22N2S/c1-9-7-13(5-6-14-9)8-11(12)10-3-2-4-10/h9-11H,2-8,12H2,1H3. The summed E-state index contributed by atoms with van der Waals surface area (Å²) in [6, 6.07) is 0.444. The van der Waals surface area contributed by atoms with E-state index in [9.17, 15) is 0 Å². The number of rotatable bonds is 3. The molecule has 2 rings (SSSR count). The SMILES string of the molecule is CC1CN(CC(N)C2CCC2)CCS1. The molecule has 2 nitrogen and oxygen atoms in total. The molecule has 0 aromatic carbocycles. The molecule has 2 fully saturated rings. The van der Waals surface area contributed by atoms with E-state index in [4.69, 9.17) is 5.73 Å². The highest BCUT2D eigenvalue weighted by Gasteiger charge is 2.27. The molecule has 1 saturated carbocycles. The van der Waals surface area contributed by atoms with Gasteiger partial charge >= 0.3 is 0 Å². The molecular formula is C11H22N2S. The molecule has 0 bridgehead atoms. The van der Waals surface area contributed by atoms with E-state index in [0.29, 0.717) is 6.04 Å². The Morgan fingerprint density at radius 3 is 2.86 bits per heavy atom. The summed E-state index contributed by atoms with van der Waals surface area (Å²) in [5.41, 5.74) is 6.21. The Balaban J connectivity index is 1.72. The molecule has 0 spiro atoms. The minimum atomic E-state index is 0.444. The molecule has 82 valence electrons. The van der Waals surface area contributed by atoms with Crippen molar-refractivity contribution in [3.05, 3.63) is 0 Å².